The van der Waals surface area contributed by atoms with Gasteiger partial charge in [-0.15, -0.1) is 0 Å². The van der Waals surface area contributed by atoms with Crippen LogP contribution in [0.4, 0.5) is 0 Å². The Morgan fingerprint density at radius 2 is 1.74 bits per heavy atom. The lowest BCUT2D eigenvalue weighted by Gasteiger charge is -2.25. The maximum Gasteiger partial charge on any atom is 0.338 e. The van der Waals surface area contributed by atoms with E-state index in [9.17, 15) is 14.4 Å². The second-order valence-corrected chi connectivity index (χ2v) is 11.7. The molecule has 0 amide bonds. The number of rotatable bonds is 7. The molecule has 0 saturated carbocycles. The molecule has 0 saturated heterocycles. The van der Waals surface area contributed by atoms with Gasteiger partial charge in [-0.25, -0.2) is 14.5 Å². The number of fused-ring (bicyclic) bond motifs is 1. The standard InChI is InChI=1S/C34H27ClN4O6S/c1-19-29(33(42)44-4)31(22-12-15-26(45-20(2)40)27(16-22)43-3)39-32(41)28(46-34(39)36-19)17-23-18-38(25-8-6-5-7-9-25)37-30(23)21-10-13-24(35)14-11-21/h5-18,31H,1-4H3/b28-17-. The largest absolute Gasteiger partial charge is 0.493 e. The van der Waals surface area contributed by atoms with Crippen LogP contribution in [0.1, 0.15) is 31.0 Å². The predicted molar refractivity (Wildman–Crippen MR) is 174 cm³/mol. The number of aromatic nitrogens is 3. The summed E-state index contributed by atoms with van der Waals surface area (Å²) in [5, 5.41) is 5.45. The third-order valence-corrected chi connectivity index (χ3v) is 8.59. The van der Waals surface area contributed by atoms with Crippen molar-refractivity contribution in [3.63, 3.8) is 0 Å². The molecule has 6 rings (SSSR count). The van der Waals surface area contributed by atoms with Gasteiger partial charge in [0.25, 0.3) is 5.56 Å². The van der Waals surface area contributed by atoms with Gasteiger partial charge >= 0.3 is 11.9 Å². The molecule has 12 heteroatoms. The second kappa shape index (κ2) is 12.6. The maximum atomic E-state index is 14.3. The van der Waals surface area contributed by atoms with E-state index in [4.69, 9.17) is 30.9 Å². The fraction of sp³-hybridized carbons (Fsp3) is 0.147. The normalized spacial score (nSPS) is 14.5. The molecule has 0 fully saturated rings. The van der Waals surface area contributed by atoms with Gasteiger partial charge < -0.3 is 14.2 Å². The molecule has 0 radical (unpaired) electrons. The van der Waals surface area contributed by atoms with Crippen molar-refractivity contribution in [1.29, 1.82) is 0 Å². The van der Waals surface area contributed by atoms with Crippen molar-refractivity contribution in [1.82, 2.24) is 14.3 Å². The average Bonchev–Trinajstić information content (AvgIpc) is 3.61. The zero-order chi connectivity index (χ0) is 32.5. The molecule has 2 aromatic heterocycles. The highest BCUT2D eigenvalue weighted by Gasteiger charge is 2.34. The average molecular weight is 655 g/mol. The number of ether oxygens (including phenoxy) is 3. The SMILES string of the molecule is COC(=O)C1=C(C)N=c2s/c(=C\c3cn(-c4ccccc4)nc3-c3ccc(Cl)cc3)c(=O)n2C1c1ccc(OC(C)=O)c(OC)c1. The highest BCUT2D eigenvalue weighted by atomic mass is 35.5. The van der Waals surface area contributed by atoms with Gasteiger partial charge in [0.15, 0.2) is 16.3 Å². The molecule has 1 aliphatic heterocycles. The van der Waals surface area contributed by atoms with E-state index in [-0.39, 0.29) is 22.6 Å². The van der Waals surface area contributed by atoms with E-state index in [1.54, 1.807) is 48.0 Å². The molecule has 0 bridgehead atoms. The van der Waals surface area contributed by atoms with Crippen LogP contribution in [0.2, 0.25) is 5.02 Å². The number of carbonyl (C=O) groups is 2. The molecule has 1 atom stereocenters. The molecule has 3 aromatic carbocycles. The number of nitrogens with zero attached hydrogens (tertiary/aromatic N) is 4. The number of methoxy groups -OCH3 is 2. The molecule has 1 unspecified atom stereocenters. The molecule has 0 spiro atoms. The van der Waals surface area contributed by atoms with Gasteiger partial charge in [-0.1, -0.05) is 59.3 Å². The molecule has 232 valence electrons. The minimum atomic E-state index is -0.895. The monoisotopic (exact) mass is 654 g/mol. The lowest BCUT2D eigenvalue weighted by atomic mass is 9.95. The van der Waals surface area contributed by atoms with Crippen molar-refractivity contribution in [2.24, 2.45) is 4.99 Å². The zero-order valence-corrected chi connectivity index (χ0v) is 26.8. The first-order valence-corrected chi connectivity index (χ1v) is 15.3. The Morgan fingerprint density at radius 1 is 1.00 bits per heavy atom. The number of thiazole rings is 1. The number of halogens is 1. The number of carbonyl (C=O) groups excluding carboxylic acids is 2. The van der Waals surface area contributed by atoms with Crippen LogP contribution in [0.3, 0.4) is 0 Å². The molecule has 46 heavy (non-hydrogen) atoms. The molecule has 0 N–H and O–H groups in total. The zero-order valence-electron chi connectivity index (χ0n) is 25.2. The summed E-state index contributed by atoms with van der Waals surface area (Å²) in [6.45, 7) is 2.98. The van der Waals surface area contributed by atoms with Gasteiger partial charge in [-0.05, 0) is 55.0 Å². The van der Waals surface area contributed by atoms with E-state index in [1.807, 2.05) is 48.7 Å². The Kier molecular flexibility index (Phi) is 8.44. The molecule has 10 nitrogen and oxygen atoms in total. The molecular formula is C34H27ClN4O6S. The van der Waals surface area contributed by atoms with Crippen LogP contribution in [-0.4, -0.2) is 40.5 Å². The van der Waals surface area contributed by atoms with Crippen LogP contribution in [0.25, 0.3) is 23.0 Å². The Morgan fingerprint density at radius 3 is 2.41 bits per heavy atom. The summed E-state index contributed by atoms with van der Waals surface area (Å²) in [6, 6.07) is 20.9. The predicted octanol–water partition coefficient (Wildman–Crippen LogP) is 4.85. The quantitative estimate of drug-likeness (QED) is 0.182. The Hall–Kier alpha value is -5.26. The summed E-state index contributed by atoms with van der Waals surface area (Å²) in [5.41, 5.74) is 3.80. The highest BCUT2D eigenvalue weighted by molar-refractivity contribution is 7.07. The van der Waals surface area contributed by atoms with Crippen LogP contribution >= 0.6 is 22.9 Å². The summed E-state index contributed by atoms with van der Waals surface area (Å²) in [5.74, 6) is -0.678. The summed E-state index contributed by atoms with van der Waals surface area (Å²) in [6.07, 6.45) is 3.64. The molecule has 3 heterocycles. The fourth-order valence-corrected chi connectivity index (χ4v) is 6.44. The van der Waals surface area contributed by atoms with E-state index in [0.29, 0.717) is 36.9 Å². The van der Waals surface area contributed by atoms with E-state index < -0.39 is 18.0 Å². The van der Waals surface area contributed by atoms with Gasteiger partial charge in [0.2, 0.25) is 0 Å². The number of hydrogen-bond donors (Lipinski definition) is 0. The summed E-state index contributed by atoms with van der Waals surface area (Å²) >= 11 is 7.36. The van der Waals surface area contributed by atoms with Gasteiger partial charge in [-0.2, -0.15) is 5.10 Å². The van der Waals surface area contributed by atoms with E-state index in [1.165, 1.54) is 37.0 Å². The smallest absolute Gasteiger partial charge is 0.338 e. The van der Waals surface area contributed by atoms with Crippen LogP contribution in [0, 0.1) is 0 Å². The second-order valence-electron chi connectivity index (χ2n) is 10.3. The number of hydrogen-bond acceptors (Lipinski definition) is 9. The fourth-order valence-electron chi connectivity index (χ4n) is 5.28. The van der Waals surface area contributed by atoms with Crippen LogP contribution in [0.5, 0.6) is 11.5 Å². The highest BCUT2D eigenvalue weighted by Crippen LogP contribution is 2.36. The third-order valence-electron chi connectivity index (χ3n) is 7.35. The van der Waals surface area contributed by atoms with Crippen molar-refractivity contribution < 1.29 is 23.8 Å². The first kappa shape index (κ1) is 30.8. The van der Waals surface area contributed by atoms with Gasteiger partial charge in [-0.3, -0.25) is 14.2 Å². The molecule has 1 aliphatic rings. The topological polar surface area (TPSA) is 114 Å². The number of benzene rings is 3. The third kappa shape index (κ3) is 5.78. The summed E-state index contributed by atoms with van der Waals surface area (Å²) < 4.78 is 19.5. The molecule has 0 aliphatic carbocycles. The van der Waals surface area contributed by atoms with Gasteiger partial charge in [0.05, 0.1) is 41.8 Å². The van der Waals surface area contributed by atoms with Crippen LogP contribution in [-0.2, 0) is 14.3 Å². The molecular weight excluding hydrogens is 628 g/mol. The number of esters is 2. The van der Waals surface area contributed by atoms with E-state index >= 15 is 0 Å². The number of para-hydroxylation sites is 1. The lowest BCUT2D eigenvalue weighted by molar-refractivity contribution is -0.136. The van der Waals surface area contributed by atoms with E-state index in [0.717, 1.165) is 11.3 Å². The lowest BCUT2D eigenvalue weighted by Crippen LogP contribution is -2.39. The first-order valence-electron chi connectivity index (χ1n) is 14.1. The number of allylic oxidation sites excluding steroid dienone is 1. The Bertz CT molecular complexity index is 2200. The maximum absolute atomic E-state index is 14.3. The minimum absolute atomic E-state index is 0.197. The van der Waals surface area contributed by atoms with E-state index in [2.05, 4.69) is 4.99 Å². The Balaban J connectivity index is 1.56. The Labute approximate surface area is 272 Å². The van der Waals surface area contributed by atoms with Crippen molar-refractivity contribution in [3.8, 4) is 28.4 Å². The van der Waals surface area contributed by atoms with Crippen LogP contribution in [0.15, 0.2) is 100 Å². The molecule has 5 aromatic rings. The van der Waals surface area contributed by atoms with Gasteiger partial charge in [0.1, 0.15) is 5.69 Å². The summed E-state index contributed by atoms with van der Waals surface area (Å²) in [4.78, 5) is 44.1. The van der Waals surface area contributed by atoms with Crippen molar-refractivity contribution in [2.45, 2.75) is 19.9 Å². The van der Waals surface area contributed by atoms with Crippen LogP contribution < -0.4 is 24.4 Å². The van der Waals surface area contributed by atoms with Crippen molar-refractivity contribution in [3.05, 3.63) is 126 Å². The summed E-state index contributed by atoms with van der Waals surface area (Å²) in [7, 11) is 2.71. The van der Waals surface area contributed by atoms with Crippen molar-refractivity contribution >= 4 is 41.0 Å². The first-order chi connectivity index (χ1) is 22.2. The van der Waals surface area contributed by atoms with Gasteiger partial charge in [0, 0.05) is 29.3 Å². The van der Waals surface area contributed by atoms with Crippen molar-refractivity contribution in [2.75, 3.05) is 14.2 Å². The minimum Gasteiger partial charge on any atom is -0.493 e.